The normalized spacial score (nSPS) is 18.4. The van der Waals surface area contributed by atoms with Crippen molar-refractivity contribution in [3.05, 3.63) is 29.8 Å². The number of carbonyl (C=O) groups excluding carboxylic acids is 1. The van der Waals surface area contributed by atoms with E-state index >= 15 is 0 Å². The second kappa shape index (κ2) is 5.81. The molecule has 0 radical (unpaired) electrons. The third-order valence-corrected chi connectivity index (χ3v) is 3.08. The summed E-state index contributed by atoms with van der Waals surface area (Å²) >= 11 is 0. The van der Waals surface area contributed by atoms with E-state index in [4.69, 9.17) is 14.0 Å². The van der Waals surface area contributed by atoms with Gasteiger partial charge in [-0.25, -0.2) is 4.79 Å². The van der Waals surface area contributed by atoms with Gasteiger partial charge in [0.05, 0.1) is 5.56 Å². The van der Waals surface area contributed by atoms with Crippen molar-refractivity contribution in [2.45, 2.75) is 40.2 Å². The van der Waals surface area contributed by atoms with Crippen molar-refractivity contribution < 1.29 is 18.8 Å². The van der Waals surface area contributed by atoms with Gasteiger partial charge in [0.1, 0.15) is 5.60 Å². The molecule has 1 saturated heterocycles. The Labute approximate surface area is 126 Å². The maximum absolute atomic E-state index is 12.3. The summed E-state index contributed by atoms with van der Waals surface area (Å²) in [7, 11) is -0.512. The van der Waals surface area contributed by atoms with Crippen LogP contribution in [0.4, 0.5) is 0 Å². The van der Waals surface area contributed by atoms with Crippen LogP contribution >= 0.6 is 0 Å². The van der Waals surface area contributed by atoms with Gasteiger partial charge in [0.2, 0.25) is 0 Å². The van der Waals surface area contributed by atoms with Gasteiger partial charge in [-0.3, -0.25) is 0 Å². The highest BCUT2D eigenvalue weighted by Gasteiger charge is 2.36. The van der Waals surface area contributed by atoms with Crippen LogP contribution in [0, 0.1) is 5.41 Å². The van der Waals surface area contributed by atoms with Crippen LogP contribution in [0.3, 0.4) is 0 Å². The van der Waals surface area contributed by atoms with Gasteiger partial charge in [0, 0.05) is 18.6 Å². The van der Waals surface area contributed by atoms with E-state index < -0.39 is 12.7 Å². The van der Waals surface area contributed by atoms with Gasteiger partial charge in [0.25, 0.3) is 0 Å². The summed E-state index contributed by atoms with van der Waals surface area (Å²) in [6, 6.07) is 7.28. The first kappa shape index (κ1) is 16.1. The molecule has 0 N–H and O–H groups in total. The van der Waals surface area contributed by atoms with Crippen LogP contribution in [0.15, 0.2) is 24.3 Å². The van der Waals surface area contributed by atoms with Crippen molar-refractivity contribution in [1.82, 2.24) is 0 Å². The minimum Gasteiger partial charge on any atom is -0.456 e. The van der Waals surface area contributed by atoms with Gasteiger partial charge in [-0.15, -0.1) is 0 Å². The largest absolute Gasteiger partial charge is 0.494 e. The maximum Gasteiger partial charge on any atom is 0.494 e. The van der Waals surface area contributed by atoms with Crippen molar-refractivity contribution in [3.8, 4) is 0 Å². The summed E-state index contributed by atoms with van der Waals surface area (Å²) < 4.78 is 17.0. The smallest absolute Gasteiger partial charge is 0.456 e. The fourth-order valence-corrected chi connectivity index (χ4v) is 2.09. The molecule has 0 spiro atoms. The van der Waals surface area contributed by atoms with Crippen molar-refractivity contribution in [3.63, 3.8) is 0 Å². The molecular weight excluding hydrogens is 267 g/mol. The summed E-state index contributed by atoms with van der Waals surface area (Å²) in [4.78, 5) is 12.3. The van der Waals surface area contributed by atoms with Crippen molar-refractivity contribution in [2.75, 3.05) is 13.2 Å². The lowest BCUT2D eigenvalue weighted by atomic mass is 9.73. The number of hydrogen-bond acceptors (Lipinski definition) is 4. The number of carbonyl (C=O) groups is 1. The molecular formula is C16H23BO4. The maximum atomic E-state index is 12.3. The molecule has 1 aliphatic rings. The molecule has 0 saturated carbocycles. The van der Waals surface area contributed by atoms with Crippen molar-refractivity contribution in [2.24, 2.45) is 5.41 Å². The summed E-state index contributed by atoms with van der Waals surface area (Å²) in [5, 5.41) is 0. The molecule has 1 aromatic carbocycles. The molecule has 4 nitrogen and oxygen atoms in total. The van der Waals surface area contributed by atoms with E-state index in [2.05, 4.69) is 13.8 Å². The van der Waals surface area contributed by atoms with Gasteiger partial charge in [0.15, 0.2) is 0 Å². The van der Waals surface area contributed by atoms with E-state index in [1.165, 1.54) is 0 Å². The summed E-state index contributed by atoms with van der Waals surface area (Å²) in [5.74, 6) is -0.352. The monoisotopic (exact) mass is 290 g/mol. The molecule has 21 heavy (non-hydrogen) atoms. The number of esters is 1. The van der Waals surface area contributed by atoms with Crippen LogP contribution in [0.2, 0.25) is 0 Å². The summed E-state index contributed by atoms with van der Waals surface area (Å²) in [5.41, 5.74) is 0.692. The molecule has 0 amide bonds. The standard InChI is InChI=1S/C16H23BO4/c1-15(2,3)21-14(18)12-8-6-7-9-13(12)17-19-10-16(4,5)11-20-17/h6-9H,10-11H2,1-5H3. The SMILES string of the molecule is CC1(C)COB(c2ccccc2C(=O)OC(C)(C)C)OC1. The van der Waals surface area contributed by atoms with E-state index in [1.807, 2.05) is 39.0 Å². The number of hydrogen-bond donors (Lipinski definition) is 0. The van der Waals surface area contributed by atoms with Gasteiger partial charge in [-0.05, 0) is 32.3 Å². The van der Waals surface area contributed by atoms with E-state index in [-0.39, 0.29) is 11.4 Å². The highest BCUT2D eigenvalue weighted by molar-refractivity contribution is 6.63. The molecule has 0 atom stereocenters. The molecule has 5 heteroatoms. The first-order valence-electron chi connectivity index (χ1n) is 7.23. The van der Waals surface area contributed by atoms with Gasteiger partial charge >= 0.3 is 13.1 Å². The Hall–Kier alpha value is -1.33. The van der Waals surface area contributed by atoms with Crippen molar-refractivity contribution in [1.29, 1.82) is 0 Å². The number of rotatable bonds is 2. The molecule has 1 aliphatic heterocycles. The summed E-state index contributed by atoms with van der Waals surface area (Å²) in [6.07, 6.45) is 0. The second-order valence-electron chi connectivity index (χ2n) is 7.21. The van der Waals surface area contributed by atoms with E-state index in [0.29, 0.717) is 18.8 Å². The zero-order valence-electron chi connectivity index (χ0n) is 13.4. The lowest BCUT2D eigenvalue weighted by molar-refractivity contribution is 0.00678. The molecule has 0 unspecified atom stereocenters. The van der Waals surface area contributed by atoms with E-state index in [1.54, 1.807) is 6.07 Å². The lowest BCUT2D eigenvalue weighted by Gasteiger charge is -2.33. The Balaban J connectivity index is 2.20. The van der Waals surface area contributed by atoms with Gasteiger partial charge in [-0.1, -0.05) is 32.0 Å². The highest BCUT2D eigenvalue weighted by Crippen LogP contribution is 2.22. The van der Waals surface area contributed by atoms with E-state index in [9.17, 15) is 4.79 Å². The Bertz CT molecular complexity index is 509. The van der Waals surface area contributed by atoms with Crippen LogP contribution in [0.1, 0.15) is 45.0 Å². The van der Waals surface area contributed by atoms with Crippen LogP contribution in [-0.2, 0) is 14.0 Å². The average Bonchev–Trinajstić information content (AvgIpc) is 2.37. The topological polar surface area (TPSA) is 44.8 Å². The average molecular weight is 290 g/mol. The molecule has 0 aliphatic carbocycles. The molecule has 1 aromatic rings. The van der Waals surface area contributed by atoms with Crippen LogP contribution in [0.5, 0.6) is 0 Å². The quantitative estimate of drug-likeness (QED) is 0.620. The predicted octanol–water partition coefficient (Wildman–Crippen LogP) is 2.41. The molecule has 114 valence electrons. The second-order valence-corrected chi connectivity index (χ2v) is 7.21. The third kappa shape index (κ3) is 4.32. The zero-order chi connectivity index (χ0) is 15.7. The Kier molecular flexibility index (Phi) is 4.44. The van der Waals surface area contributed by atoms with Gasteiger partial charge < -0.3 is 14.0 Å². The summed E-state index contributed by atoms with van der Waals surface area (Å²) in [6.45, 7) is 10.9. The molecule has 0 bridgehead atoms. The predicted molar refractivity (Wildman–Crippen MR) is 82.7 cm³/mol. The fraction of sp³-hybridized carbons (Fsp3) is 0.562. The molecule has 1 heterocycles. The minimum absolute atomic E-state index is 0.00262. The minimum atomic E-state index is -0.527. The first-order valence-corrected chi connectivity index (χ1v) is 7.23. The Morgan fingerprint density at radius 3 is 2.33 bits per heavy atom. The molecule has 2 rings (SSSR count). The lowest BCUT2D eigenvalue weighted by Crippen LogP contribution is -2.49. The van der Waals surface area contributed by atoms with Crippen LogP contribution < -0.4 is 5.46 Å². The zero-order valence-corrected chi connectivity index (χ0v) is 13.4. The van der Waals surface area contributed by atoms with Crippen LogP contribution in [-0.4, -0.2) is 31.9 Å². The Morgan fingerprint density at radius 1 is 1.19 bits per heavy atom. The third-order valence-electron chi connectivity index (χ3n) is 3.08. The van der Waals surface area contributed by atoms with Crippen molar-refractivity contribution >= 4 is 18.6 Å². The number of ether oxygens (including phenoxy) is 1. The molecule has 1 fully saturated rings. The van der Waals surface area contributed by atoms with Gasteiger partial charge in [-0.2, -0.15) is 0 Å². The van der Waals surface area contributed by atoms with E-state index in [0.717, 1.165) is 5.46 Å². The first-order chi connectivity index (χ1) is 9.68. The number of benzene rings is 1. The highest BCUT2D eigenvalue weighted by atomic mass is 16.6. The molecule has 0 aromatic heterocycles. The Morgan fingerprint density at radius 2 is 1.76 bits per heavy atom. The van der Waals surface area contributed by atoms with Crippen LogP contribution in [0.25, 0.3) is 0 Å². The fourth-order valence-electron chi connectivity index (χ4n) is 2.09.